The van der Waals surface area contributed by atoms with Gasteiger partial charge in [0.25, 0.3) is 0 Å². The molecule has 1 N–H and O–H groups in total. The van der Waals surface area contributed by atoms with Gasteiger partial charge in [-0.1, -0.05) is 13.8 Å². The van der Waals surface area contributed by atoms with Crippen molar-refractivity contribution in [2.45, 2.75) is 45.6 Å². The zero-order chi connectivity index (χ0) is 11.8. The van der Waals surface area contributed by atoms with E-state index in [1.54, 1.807) is 10.9 Å². The number of aliphatic hydroxyl groups is 1. The molecule has 0 saturated heterocycles. The molecule has 0 bridgehead atoms. The van der Waals surface area contributed by atoms with Crippen molar-refractivity contribution < 1.29 is 5.11 Å². The predicted molar refractivity (Wildman–Crippen MR) is 63.9 cm³/mol. The summed E-state index contributed by atoms with van der Waals surface area (Å²) in [4.78, 5) is 0. The average Bonchev–Trinajstić information content (AvgIpc) is 2.63. The molecule has 0 spiro atoms. The third-order valence-corrected chi connectivity index (χ3v) is 3.99. The minimum absolute atomic E-state index is 0.344. The molecule has 2 rings (SSSR count). The number of aromatic nitrogens is 2. The van der Waals surface area contributed by atoms with Crippen LogP contribution >= 0.6 is 0 Å². The van der Waals surface area contributed by atoms with Crippen molar-refractivity contribution >= 4 is 0 Å². The Bertz CT molecular complexity index is 347. The molecule has 1 unspecified atom stereocenters. The number of hydrogen-bond donors (Lipinski definition) is 1. The maximum atomic E-state index is 10.3. The van der Waals surface area contributed by atoms with Crippen LogP contribution in [0.15, 0.2) is 12.3 Å². The second-order valence-electron chi connectivity index (χ2n) is 5.83. The Morgan fingerprint density at radius 3 is 2.56 bits per heavy atom. The highest BCUT2D eigenvalue weighted by atomic mass is 16.3. The molecular weight excluding hydrogens is 200 g/mol. The van der Waals surface area contributed by atoms with Gasteiger partial charge in [-0.05, 0) is 43.1 Å². The summed E-state index contributed by atoms with van der Waals surface area (Å²) < 4.78 is 1.78. The van der Waals surface area contributed by atoms with Crippen LogP contribution in [-0.2, 0) is 7.05 Å². The fraction of sp³-hybridized carbons (Fsp3) is 0.769. The van der Waals surface area contributed by atoms with Crippen molar-refractivity contribution in [3.05, 3.63) is 18.0 Å². The fourth-order valence-corrected chi connectivity index (χ4v) is 2.65. The Hall–Kier alpha value is -0.830. The van der Waals surface area contributed by atoms with Gasteiger partial charge in [0.1, 0.15) is 0 Å². The van der Waals surface area contributed by atoms with Gasteiger partial charge in [-0.3, -0.25) is 4.68 Å². The summed E-state index contributed by atoms with van der Waals surface area (Å²) in [6.45, 7) is 4.64. The van der Waals surface area contributed by atoms with Crippen molar-refractivity contribution in [3.8, 4) is 0 Å². The summed E-state index contributed by atoms with van der Waals surface area (Å²) in [5, 5.41) is 14.4. The largest absolute Gasteiger partial charge is 0.387 e. The van der Waals surface area contributed by atoms with Crippen molar-refractivity contribution in [3.63, 3.8) is 0 Å². The highest BCUT2D eigenvalue weighted by Gasteiger charge is 2.31. The lowest BCUT2D eigenvalue weighted by Crippen LogP contribution is -2.26. The van der Waals surface area contributed by atoms with Crippen LogP contribution in [0, 0.1) is 11.3 Å². The fourth-order valence-electron chi connectivity index (χ4n) is 2.65. The third-order valence-electron chi connectivity index (χ3n) is 3.99. The van der Waals surface area contributed by atoms with E-state index in [1.807, 2.05) is 13.1 Å². The van der Waals surface area contributed by atoms with Crippen LogP contribution in [0.3, 0.4) is 0 Å². The molecular formula is C13H22N2O. The minimum Gasteiger partial charge on any atom is -0.387 e. The Morgan fingerprint density at radius 1 is 1.44 bits per heavy atom. The van der Waals surface area contributed by atoms with Crippen molar-refractivity contribution in [1.82, 2.24) is 9.78 Å². The maximum absolute atomic E-state index is 10.3. The second-order valence-corrected chi connectivity index (χ2v) is 5.83. The molecule has 1 aromatic heterocycles. The van der Waals surface area contributed by atoms with E-state index in [0.717, 1.165) is 18.5 Å². The van der Waals surface area contributed by atoms with Crippen LogP contribution in [0.25, 0.3) is 0 Å². The van der Waals surface area contributed by atoms with Crippen molar-refractivity contribution in [1.29, 1.82) is 0 Å². The quantitative estimate of drug-likeness (QED) is 0.835. The van der Waals surface area contributed by atoms with E-state index in [1.165, 1.54) is 12.8 Å². The average molecular weight is 222 g/mol. The first kappa shape index (κ1) is 11.6. The zero-order valence-corrected chi connectivity index (χ0v) is 10.5. The van der Waals surface area contributed by atoms with E-state index >= 15 is 0 Å². The minimum atomic E-state index is -0.344. The van der Waals surface area contributed by atoms with Crippen LogP contribution in [-0.4, -0.2) is 14.9 Å². The maximum Gasteiger partial charge on any atom is 0.0984 e. The van der Waals surface area contributed by atoms with Gasteiger partial charge >= 0.3 is 0 Å². The molecule has 1 aliphatic carbocycles. The lowest BCUT2D eigenvalue weighted by molar-refractivity contribution is 0.0513. The van der Waals surface area contributed by atoms with E-state index in [0.29, 0.717) is 11.3 Å². The smallest absolute Gasteiger partial charge is 0.0984 e. The van der Waals surface area contributed by atoms with Gasteiger partial charge in [-0.2, -0.15) is 5.10 Å². The third kappa shape index (κ3) is 2.29. The molecule has 0 radical (unpaired) electrons. The van der Waals surface area contributed by atoms with E-state index in [4.69, 9.17) is 0 Å². The van der Waals surface area contributed by atoms with Gasteiger partial charge < -0.3 is 5.11 Å². The molecule has 1 aliphatic rings. The molecule has 1 heterocycles. The summed E-state index contributed by atoms with van der Waals surface area (Å²) >= 11 is 0. The first-order valence-electron chi connectivity index (χ1n) is 6.15. The lowest BCUT2D eigenvalue weighted by Gasteiger charge is -2.36. The van der Waals surface area contributed by atoms with Gasteiger partial charge in [0.2, 0.25) is 0 Å². The zero-order valence-electron chi connectivity index (χ0n) is 10.5. The van der Waals surface area contributed by atoms with Crippen molar-refractivity contribution in [2.75, 3.05) is 0 Å². The predicted octanol–water partition coefficient (Wildman–Crippen LogP) is 2.67. The van der Waals surface area contributed by atoms with E-state index in [2.05, 4.69) is 18.9 Å². The van der Waals surface area contributed by atoms with Crippen molar-refractivity contribution in [2.24, 2.45) is 18.4 Å². The first-order chi connectivity index (χ1) is 7.49. The highest BCUT2D eigenvalue weighted by molar-refractivity contribution is 5.06. The topological polar surface area (TPSA) is 38.0 Å². The van der Waals surface area contributed by atoms with Crippen LogP contribution in [0.5, 0.6) is 0 Å². The Balaban J connectivity index is 2.02. The SMILES string of the molecule is Cn1nccc1C(O)C1CCC(C)(C)CC1. The number of rotatable bonds is 2. The molecule has 3 nitrogen and oxygen atoms in total. The molecule has 1 aromatic rings. The molecule has 0 aromatic carbocycles. The van der Waals surface area contributed by atoms with Gasteiger partial charge in [0.05, 0.1) is 11.8 Å². The molecule has 1 fully saturated rings. The molecule has 3 heteroatoms. The number of aryl methyl sites for hydroxylation is 1. The number of hydrogen-bond acceptors (Lipinski definition) is 2. The standard InChI is InChI=1S/C13H22N2O/c1-13(2)7-4-10(5-8-13)12(16)11-6-9-14-15(11)3/h6,9-10,12,16H,4-5,7-8H2,1-3H3. The number of aliphatic hydroxyl groups excluding tert-OH is 1. The summed E-state index contributed by atoms with van der Waals surface area (Å²) in [6, 6.07) is 1.92. The van der Waals surface area contributed by atoms with Crippen LogP contribution in [0.1, 0.15) is 51.3 Å². The Labute approximate surface area is 97.5 Å². The summed E-state index contributed by atoms with van der Waals surface area (Å²) in [6.07, 6.45) is 6.09. The van der Waals surface area contributed by atoms with E-state index < -0.39 is 0 Å². The Morgan fingerprint density at radius 2 is 2.06 bits per heavy atom. The molecule has 16 heavy (non-hydrogen) atoms. The van der Waals surface area contributed by atoms with Crippen LogP contribution in [0.4, 0.5) is 0 Å². The normalized spacial score (nSPS) is 23.2. The number of nitrogens with zero attached hydrogens (tertiary/aromatic N) is 2. The van der Waals surface area contributed by atoms with Gasteiger partial charge in [-0.25, -0.2) is 0 Å². The Kier molecular flexibility index (Phi) is 3.06. The highest BCUT2D eigenvalue weighted by Crippen LogP contribution is 2.42. The van der Waals surface area contributed by atoms with Crippen LogP contribution in [0.2, 0.25) is 0 Å². The van der Waals surface area contributed by atoms with Crippen LogP contribution < -0.4 is 0 Å². The van der Waals surface area contributed by atoms with Gasteiger partial charge in [-0.15, -0.1) is 0 Å². The van der Waals surface area contributed by atoms with Gasteiger partial charge in [0, 0.05) is 13.2 Å². The molecule has 0 amide bonds. The summed E-state index contributed by atoms with van der Waals surface area (Å²) in [5.74, 6) is 0.406. The lowest BCUT2D eigenvalue weighted by atomic mass is 9.71. The summed E-state index contributed by atoms with van der Waals surface area (Å²) in [5.41, 5.74) is 1.41. The van der Waals surface area contributed by atoms with E-state index in [9.17, 15) is 5.11 Å². The molecule has 1 saturated carbocycles. The monoisotopic (exact) mass is 222 g/mol. The van der Waals surface area contributed by atoms with E-state index in [-0.39, 0.29) is 6.10 Å². The molecule has 0 aliphatic heterocycles. The van der Waals surface area contributed by atoms with Gasteiger partial charge in [0.15, 0.2) is 0 Å². The first-order valence-corrected chi connectivity index (χ1v) is 6.15. The molecule has 90 valence electrons. The second kappa shape index (κ2) is 4.21. The molecule has 1 atom stereocenters. The summed E-state index contributed by atoms with van der Waals surface area (Å²) in [7, 11) is 1.89.